The van der Waals surface area contributed by atoms with Crippen LogP contribution in [0.5, 0.6) is 0 Å². The van der Waals surface area contributed by atoms with Crippen LogP contribution < -0.4 is 0 Å². The quantitative estimate of drug-likeness (QED) is 0.555. The van der Waals surface area contributed by atoms with Gasteiger partial charge in [-0.25, -0.2) is 0 Å². The molecule has 0 radical (unpaired) electrons. The Morgan fingerprint density at radius 2 is 2.07 bits per heavy atom. The molecular formula is C15H24. The van der Waals surface area contributed by atoms with Crippen LogP contribution in [0, 0.1) is 28.1 Å². The molecule has 0 aliphatic heterocycles. The summed E-state index contributed by atoms with van der Waals surface area (Å²) in [5.41, 5.74) is 3.49. The third kappa shape index (κ3) is 0.707. The van der Waals surface area contributed by atoms with Crippen molar-refractivity contribution in [1.82, 2.24) is 0 Å². The molecule has 0 saturated heterocycles. The van der Waals surface area contributed by atoms with Crippen LogP contribution in [-0.4, -0.2) is 0 Å². The molecule has 0 heterocycles. The first-order chi connectivity index (χ1) is 6.90. The van der Waals surface area contributed by atoms with E-state index in [9.17, 15) is 0 Å². The number of hydrogen-bond acceptors (Lipinski definition) is 0. The Kier molecular flexibility index (Phi) is 1.56. The first-order valence-corrected chi connectivity index (χ1v) is 6.59. The average Bonchev–Trinajstić information content (AvgIpc) is 2.06. The van der Waals surface area contributed by atoms with Gasteiger partial charge in [-0.15, -0.1) is 0 Å². The van der Waals surface area contributed by atoms with E-state index in [-0.39, 0.29) is 0 Å². The van der Waals surface area contributed by atoms with Gasteiger partial charge in [0, 0.05) is 5.41 Å². The lowest BCUT2D eigenvalue weighted by Gasteiger charge is -2.82. The summed E-state index contributed by atoms with van der Waals surface area (Å²) in [4.78, 5) is 0. The molecule has 2 saturated carbocycles. The van der Waals surface area contributed by atoms with E-state index in [4.69, 9.17) is 0 Å². The lowest BCUT2D eigenvalue weighted by molar-refractivity contribution is -0.285. The fourth-order valence-corrected chi connectivity index (χ4v) is 5.70. The van der Waals surface area contributed by atoms with E-state index in [1.54, 1.807) is 5.57 Å². The van der Waals surface area contributed by atoms with Crippen molar-refractivity contribution in [2.45, 2.75) is 53.9 Å². The summed E-state index contributed by atoms with van der Waals surface area (Å²) >= 11 is 0. The standard InChI is InChI=1S/C15H24/c1-6-14(13(3,4)5)9-12-8-11-7-10(2)15(11,12)14/h7,11-12H,6,8-9H2,1-5H3. The van der Waals surface area contributed by atoms with Crippen molar-refractivity contribution < 1.29 is 0 Å². The van der Waals surface area contributed by atoms with Gasteiger partial charge in [-0.2, -0.15) is 0 Å². The molecule has 1 spiro atoms. The maximum Gasteiger partial charge on any atom is 0.00621 e. The normalized spacial score (nSPS) is 51.7. The fraction of sp³-hybridized carbons (Fsp3) is 0.867. The molecule has 15 heavy (non-hydrogen) atoms. The zero-order valence-corrected chi connectivity index (χ0v) is 10.9. The van der Waals surface area contributed by atoms with Crippen molar-refractivity contribution in [3.05, 3.63) is 11.6 Å². The maximum absolute atomic E-state index is 2.55. The minimum Gasteiger partial charge on any atom is -0.0810 e. The fourth-order valence-electron chi connectivity index (χ4n) is 5.70. The highest BCUT2D eigenvalue weighted by molar-refractivity contribution is 5.45. The van der Waals surface area contributed by atoms with Gasteiger partial charge in [-0.1, -0.05) is 39.3 Å². The van der Waals surface area contributed by atoms with Crippen molar-refractivity contribution in [2.24, 2.45) is 28.1 Å². The summed E-state index contributed by atoms with van der Waals surface area (Å²) < 4.78 is 0. The Morgan fingerprint density at radius 1 is 1.40 bits per heavy atom. The molecule has 0 N–H and O–H groups in total. The molecule has 4 unspecified atom stereocenters. The highest BCUT2D eigenvalue weighted by Crippen LogP contribution is 2.85. The molecule has 0 aromatic rings. The first-order valence-electron chi connectivity index (χ1n) is 6.59. The van der Waals surface area contributed by atoms with Crippen LogP contribution in [0.3, 0.4) is 0 Å². The predicted molar refractivity (Wildman–Crippen MR) is 64.6 cm³/mol. The highest BCUT2D eigenvalue weighted by atomic mass is 14.8. The Bertz CT molecular complexity index is 344. The summed E-state index contributed by atoms with van der Waals surface area (Å²) in [5, 5.41) is 0. The molecule has 0 aromatic heterocycles. The van der Waals surface area contributed by atoms with Gasteiger partial charge in [0.2, 0.25) is 0 Å². The molecule has 0 bridgehead atoms. The minimum absolute atomic E-state index is 0.479. The number of rotatable bonds is 1. The van der Waals surface area contributed by atoms with E-state index in [0.29, 0.717) is 16.2 Å². The summed E-state index contributed by atoms with van der Waals surface area (Å²) in [6, 6.07) is 0. The van der Waals surface area contributed by atoms with E-state index in [1.807, 2.05) is 0 Å². The van der Waals surface area contributed by atoms with Crippen LogP contribution in [0.25, 0.3) is 0 Å². The maximum atomic E-state index is 2.55. The first kappa shape index (κ1) is 9.93. The van der Waals surface area contributed by atoms with Crippen LogP contribution >= 0.6 is 0 Å². The molecule has 0 aromatic carbocycles. The third-order valence-electron chi connectivity index (χ3n) is 6.30. The second-order valence-electron chi connectivity index (χ2n) is 7.15. The number of allylic oxidation sites excluding steroid dienone is 2. The van der Waals surface area contributed by atoms with Gasteiger partial charge in [-0.05, 0) is 48.9 Å². The van der Waals surface area contributed by atoms with Crippen LogP contribution in [-0.2, 0) is 0 Å². The Hall–Kier alpha value is -0.260. The van der Waals surface area contributed by atoms with Crippen LogP contribution in [0.2, 0.25) is 0 Å². The molecular weight excluding hydrogens is 180 g/mol. The Labute approximate surface area is 94.1 Å². The van der Waals surface area contributed by atoms with Crippen molar-refractivity contribution in [3.63, 3.8) is 0 Å². The third-order valence-corrected chi connectivity index (χ3v) is 6.30. The molecule has 4 atom stereocenters. The monoisotopic (exact) mass is 204 g/mol. The van der Waals surface area contributed by atoms with Crippen molar-refractivity contribution in [1.29, 1.82) is 0 Å². The summed E-state index contributed by atoms with van der Waals surface area (Å²) in [6.07, 6.45) is 6.91. The molecule has 84 valence electrons. The smallest absolute Gasteiger partial charge is 0.00621 e. The van der Waals surface area contributed by atoms with Crippen LogP contribution in [0.15, 0.2) is 11.6 Å². The molecule has 0 nitrogen and oxygen atoms in total. The van der Waals surface area contributed by atoms with Gasteiger partial charge in [0.1, 0.15) is 0 Å². The van der Waals surface area contributed by atoms with E-state index >= 15 is 0 Å². The topological polar surface area (TPSA) is 0 Å². The molecule has 0 heteroatoms. The van der Waals surface area contributed by atoms with Gasteiger partial charge in [0.05, 0.1) is 0 Å². The van der Waals surface area contributed by atoms with E-state index < -0.39 is 0 Å². The lowest BCUT2D eigenvalue weighted by atomic mass is 9.21. The number of hydrogen-bond donors (Lipinski definition) is 0. The summed E-state index contributed by atoms with van der Waals surface area (Å²) in [6.45, 7) is 12.2. The van der Waals surface area contributed by atoms with Gasteiger partial charge in [0.25, 0.3) is 0 Å². The van der Waals surface area contributed by atoms with Gasteiger partial charge in [-0.3, -0.25) is 0 Å². The molecule has 2 fully saturated rings. The lowest BCUT2D eigenvalue weighted by Crippen LogP contribution is -2.76. The average molecular weight is 204 g/mol. The minimum atomic E-state index is 0.479. The second-order valence-corrected chi connectivity index (χ2v) is 7.15. The zero-order valence-electron chi connectivity index (χ0n) is 10.9. The van der Waals surface area contributed by atoms with Gasteiger partial charge >= 0.3 is 0 Å². The van der Waals surface area contributed by atoms with E-state index in [1.165, 1.54) is 19.3 Å². The molecule has 3 aliphatic carbocycles. The van der Waals surface area contributed by atoms with Crippen molar-refractivity contribution >= 4 is 0 Å². The van der Waals surface area contributed by atoms with E-state index in [2.05, 4.69) is 40.7 Å². The SMILES string of the molecule is CCC1(C(C)(C)C)CC2CC3C=C(C)C321. The van der Waals surface area contributed by atoms with Crippen LogP contribution in [0.4, 0.5) is 0 Å². The molecule has 3 rings (SSSR count). The van der Waals surface area contributed by atoms with E-state index in [0.717, 1.165) is 11.8 Å². The van der Waals surface area contributed by atoms with Crippen molar-refractivity contribution in [2.75, 3.05) is 0 Å². The van der Waals surface area contributed by atoms with Crippen LogP contribution in [0.1, 0.15) is 53.9 Å². The van der Waals surface area contributed by atoms with Gasteiger partial charge in [0.15, 0.2) is 0 Å². The van der Waals surface area contributed by atoms with Crippen molar-refractivity contribution in [3.8, 4) is 0 Å². The Morgan fingerprint density at radius 3 is 2.33 bits per heavy atom. The highest BCUT2D eigenvalue weighted by Gasteiger charge is 2.78. The summed E-state index contributed by atoms with van der Waals surface area (Å²) in [5.74, 6) is 2.00. The summed E-state index contributed by atoms with van der Waals surface area (Å²) in [7, 11) is 0. The molecule has 3 aliphatic rings. The largest absolute Gasteiger partial charge is 0.0810 e. The second kappa shape index (κ2) is 2.36. The van der Waals surface area contributed by atoms with Gasteiger partial charge < -0.3 is 0 Å². The Balaban J connectivity index is 2.06. The molecule has 0 amide bonds. The zero-order chi connectivity index (χ0) is 11.1. The predicted octanol–water partition coefficient (Wildman–Crippen LogP) is 4.42.